The number of rotatable bonds is 3. The molecule has 0 saturated heterocycles. The zero-order valence-corrected chi connectivity index (χ0v) is 28.8. The van der Waals surface area contributed by atoms with Crippen LogP contribution < -0.4 is 0 Å². The van der Waals surface area contributed by atoms with Crippen LogP contribution in [0, 0.1) is 0 Å². The van der Waals surface area contributed by atoms with E-state index in [1.807, 2.05) is 0 Å². The van der Waals surface area contributed by atoms with Gasteiger partial charge in [0, 0.05) is 32.8 Å². The molecule has 1 aliphatic carbocycles. The minimum absolute atomic E-state index is 0.185. The molecule has 0 bridgehead atoms. The smallest absolute Gasteiger partial charge is 0.136 e. The summed E-state index contributed by atoms with van der Waals surface area (Å²) in [6.07, 6.45) is 0. The van der Waals surface area contributed by atoms with Gasteiger partial charge in [0.25, 0.3) is 0 Å². The Morgan fingerprint density at radius 1 is 0.377 bits per heavy atom. The maximum atomic E-state index is 6.46. The molecule has 0 radical (unpaired) electrons. The largest absolute Gasteiger partial charge is 0.456 e. The van der Waals surface area contributed by atoms with Gasteiger partial charge >= 0.3 is 0 Å². The van der Waals surface area contributed by atoms with Crippen LogP contribution in [0.1, 0.15) is 22.6 Å². The highest BCUT2D eigenvalue weighted by atomic mass is 16.3. The topological polar surface area (TPSA) is 18.1 Å². The zero-order valence-electron chi connectivity index (χ0n) is 28.8. The number of nitrogens with zero attached hydrogens (tertiary/aromatic N) is 1. The Morgan fingerprint density at radius 2 is 1.02 bits per heavy atom. The SMILES string of the molecule is c1ccc2c(c1)-c1cc(-c3ccc4c(c3)c3c5c(ccc3n4-c3cccc4ccccc34)oc3ccccc35)ccc1C2c1cccc2ccccc12. The van der Waals surface area contributed by atoms with Gasteiger partial charge in [-0.2, -0.15) is 0 Å². The number of hydrogen-bond donors (Lipinski definition) is 0. The van der Waals surface area contributed by atoms with Crippen LogP contribution >= 0.6 is 0 Å². The first-order valence-corrected chi connectivity index (χ1v) is 18.4. The number of fused-ring (bicyclic) bond motifs is 12. The molecule has 2 heteroatoms. The van der Waals surface area contributed by atoms with Crippen molar-refractivity contribution in [2.24, 2.45) is 0 Å². The molecule has 0 aliphatic heterocycles. The number of hydrogen-bond acceptors (Lipinski definition) is 1. The normalized spacial score (nSPS) is 13.8. The molecule has 0 N–H and O–H groups in total. The summed E-state index contributed by atoms with van der Waals surface area (Å²) in [5.41, 5.74) is 14.5. The van der Waals surface area contributed by atoms with Crippen LogP contribution in [0.25, 0.3) is 93.2 Å². The fourth-order valence-electron chi connectivity index (χ4n) is 9.39. The molecular formula is C51H31NO. The Kier molecular flexibility index (Phi) is 5.86. The predicted octanol–water partition coefficient (Wildman–Crippen LogP) is 13.8. The second kappa shape index (κ2) is 10.8. The molecule has 0 amide bonds. The van der Waals surface area contributed by atoms with Crippen molar-refractivity contribution >= 4 is 65.3 Å². The lowest BCUT2D eigenvalue weighted by Gasteiger charge is -2.17. The van der Waals surface area contributed by atoms with E-state index in [1.165, 1.54) is 93.4 Å². The lowest BCUT2D eigenvalue weighted by molar-refractivity contribution is 0.669. The molecule has 11 aromatic rings. The van der Waals surface area contributed by atoms with Crippen molar-refractivity contribution in [2.75, 3.05) is 0 Å². The van der Waals surface area contributed by atoms with Gasteiger partial charge in [-0.1, -0.05) is 140 Å². The fourth-order valence-corrected chi connectivity index (χ4v) is 9.39. The lowest BCUT2D eigenvalue weighted by atomic mass is 9.86. The minimum Gasteiger partial charge on any atom is -0.456 e. The van der Waals surface area contributed by atoms with Crippen molar-refractivity contribution < 1.29 is 4.42 Å². The zero-order chi connectivity index (χ0) is 34.6. The monoisotopic (exact) mass is 673 g/mol. The van der Waals surface area contributed by atoms with Gasteiger partial charge < -0.3 is 8.98 Å². The summed E-state index contributed by atoms with van der Waals surface area (Å²) >= 11 is 0. The van der Waals surface area contributed by atoms with Crippen molar-refractivity contribution in [3.63, 3.8) is 0 Å². The number of furan rings is 1. The van der Waals surface area contributed by atoms with Crippen molar-refractivity contribution in [2.45, 2.75) is 5.92 Å². The summed E-state index contributed by atoms with van der Waals surface area (Å²) < 4.78 is 8.91. The molecule has 0 spiro atoms. The Morgan fingerprint density at radius 3 is 1.92 bits per heavy atom. The van der Waals surface area contributed by atoms with Gasteiger partial charge in [0.2, 0.25) is 0 Å². The summed E-state index contributed by atoms with van der Waals surface area (Å²) in [5.74, 6) is 0.185. The van der Waals surface area contributed by atoms with Crippen molar-refractivity contribution in [1.29, 1.82) is 0 Å². The van der Waals surface area contributed by atoms with Gasteiger partial charge in [0.1, 0.15) is 11.2 Å². The van der Waals surface area contributed by atoms with Crippen LogP contribution in [0.3, 0.4) is 0 Å². The molecule has 12 rings (SSSR count). The Balaban J connectivity index is 1.11. The molecule has 2 aromatic heterocycles. The molecule has 0 saturated carbocycles. The van der Waals surface area contributed by atoms with Gasteiger partial charge in [0.15, 0.2) is 0 Å². The van der Waals surface area contributed by atoms with Gasteiger partial charge in [-0.05, 0) is 97.6 Å². The maximum absolute atomic E-state index is 6.46. The van der Waals surface area contributed by atoms with E-state index in [9.17, 15) is 0 Å². The summed E-state index contributed by atoms with van der Waals surface area (Å²) in [4.78, 5) is 0. The van der Waals surface area contributed by atoms with Crippen LogP contribution in [0.2, 0.25) is 0 Å². The van der Waals surface area contributed by atoms with E-state index in [0.717, 1.165) is 16.6 Å². The number of para-hydroxylation sites is 1. The standard InChI is InChI=1S/C51H31NO/c1-3-15-35-31(11-1)13-9-20-38(35)49-39-18-6-5-17-37(39)42-29-33(23-25-40(42)49)34-24-26-45-43(30-34)50-46(27-28-48-51(50)41-19-7-8-22-47(41)53-48)52(45)44-21-10-14-32-12-2-4-16-36(32)44/h1-30,49H. The van der Waals surface area contributed by atoms with E-state index < -0.39 is 0 Å². The summed E-state index contributed by atoms with van der Waals surface area (Å²) in [6, 6.07) is 66.7. The van der Waals surface area contributed by atoms with Crippen LogP contribution in [-0.4, -0.2) is 4.57 Å². The van der Waals surface area contributed by atoms with Gasteiger partial charge in [-0.3, -0.25) is 0 Å². The summed E-state index contributed by atoms with van der Waals surface area (Å²) in [6.45, 7) is 0. The lowest BCUT2D eigenvalue weighted by Crippen LogP contribution is -2.00. The summed E-state index contributed by atoms with van der Waals surface area (Å²) in [7, 11) is 0. The van der Waals surface area contributed by atoms with Crippen molar-refractivity contribution in [3.8, 4) is 27.9 Å². The highest BCUT2D eigenvalue weighted by molar-refractivity contribution is 6.28. The third-order valence-electron chi connectivity index (χ3n) is 11.7. The maximum Gasteiger partial charge on any atom is 0.136 e. The minimum atomic E-state index is 0.185. The molecule has 0 fully saturated rings. The molecule has 1 unspecified atom stereocenters. The Labute approximate surface area is 305 Å². The number of aromatic nitrogens is 1. The Bertz CT molecular complexity index is 3290. The molecule has 53 heavy (non-hydrogen) atoms. The van der Waals surface area contributed by atoms with E-state index in [-0.39, 0.29) is 5.92 Å². The average molecular weight is 674 g/mol. The van der Waals surface area contributed by atoms with E-state index in [0.29, 0.717) is 0 Å². The second-order valence-electron chi connectivity index (χ2n) is 14.4. The van der Waals surface area contributed by atoms with Crippen LogP contribution in [0.4, 0.5) is 0 Å². The third kappa shape index (κ3) is 4.03. The molecule has 1 atom stereocenters. The van der Waals surface area contributed by atoms with E-state index in [2.05, 4.69) is 187 Å². The van der Waals surface area contributed by atoms with Crippen LogP contribution in [-0.2, 0) is 0 Å². The molecule has 1 aliphatic rings. The third-order valence-corrected chi connectivity index (χ3v) is 11.7. The molecule has 2 nitrogen and oxygen atoms in total. The molecule has 2 heterocycles. The van der Waals surface area contributed by atoms with E-state index >= 15 is 0 Å². The first-order chi connectivity index (χ1) is 26.3. The number of benzene rings is 9. The predicted molar refractivity (Wildman–Crippen MR) is 221 cm³/mol. The average Bonchev–Trinajstić information content (AvgIpc) is 3.87. The van der Waals surface area contributed by atoms with Gasteiger partial charge in [0.05, 0.1) is 16.7 Å². The Hall–Kier alpha value is -6.90. The molecule has 246 valence electrons. The van der Waals surface area contributed by atoms with Gasteiger partial charge in [-0.15, -0.1) is 0 Å². The van der Waals surface area contributed by atoms with Gasteiger partial charge in [-0.25, -0.2) is 0 Å². The molecular weight excluding hydrogens is 643 g/mol. The van der Waals surface area contributed by atoms with E-state index in [4.69, 9.17) is 4.42 Å². The highest BCUT2D eigenvalue weighted by Gasteiger charge is 2.31. The van der Waals surface area contributed by atoms with Crippen LogP contribution in [0.5, 0.6) is 0 Å². The second-order valence-corrected chi connectivity index (χ2v) is 14.4. The molecule has 9 aromatic carbocycles. The first-order valence-electron chi connectivity index (χ1n) is 18.4. The van der Waals surface area contributed by atoms with Crippen molar-refractivity contribution in [3.05, 3.63) is 199 Å². The van der Waals surface area contributed by atoms with Crippen molar-refractivity contribution in [1.82, 2.24) is 4.57 Å². The highest BCUT2D eigenvalue weighted by Crippen LogP contribution is 2.51. The fraction of sp³-hybridized carbons (Fsp3) is 0.0196. The van der Waals surface area contributed by atoms with E-state index in [1.54, 1.807) is 0 Å². The summed E-state index contributed by atoms with van der Waals surface area (Å²) in [5, 5.41) is 9.81. The first kappa shape index (κ1) is 28.8. The quantitative estimate of drug-likeness (QED) is 0.183. The van der Waals surface area contributed by atoms with Crippen LogP contribution in [0.15, 0.2) is 186 Å².